The molecule has 8 rings (SSSR count). The molecule has 11 heteroatoms. The molecule has 4 aromatic rings. The summed E-state index contributed by atoms with van der Waals surface area (Å²) in [5.41, 5.74) is 16.6. The number of aryl methyl sites for hydroxylation is 1. The van der Waals surface area contributed by atoms with Crippen LogP contribution >= 0.6 is 11.3 Å². The molecule has 274 valence electrons. The van der Waals surface area contributed by atoms with Gasteiger partial charge in [-0.05, 0) is 107 Å². The number of benzene rings is 3. The molecule has 0 spiro atoms. The van der Waals surface area contributed by atoms with Gasteiger partial charge in [-0.1, -0.05) is 72.8 Å². The molecule has 53 heavy (non-hydrogen) atoms. The fourth-order valence-electron chi connectivity index (χ4n) is 7.25. The van der Waals surface area contributed by atoms with Crippen LogP contribution < -0.4 is 10.8 Å². The average Bonchev–Trinajstić information content (AvgIpc) is 3.68. The van der Waals surface area contributed by atoms with E-state index in [-0.39, 0.29) is 6.42 Å². The molecular formula is C42H42N2O7S2. The van der Waals surface area contributed by atoms with Crippen LogP contribution in [0.4, 0.5) is 10.5 Å². The molecule has 9 nitrogen and oxygen atoms in total. The van der Waals surface area contributed by atoms with Crippen molar-refractivity contribution in [1.82, 2.24) is 0 Å². The van der Waals surface area contributed by atoms with Crippen molar-refractivity contribution in [2.75, 3.05) is 18.8 Å². The van der Waals surface area contributed by atoms with Gasteiger partial charge in [-0.2, -0.15) is 5.06 Å². The Labute approximate surface area is 314 Å². The topological polar surface area (TPSA) is 125 Å². The summed E-state index contributed by atoms with van der Waals surface area (Å²) in [6.45, 7) is 0.633. The van der Waals surface area contributed by atoms with Crippen molar-refractivity contribution in [3.05, 3.63) is 124 Å². The molecule has 3 heterocycles. The first-order chi connectivity index (χ1) is 25.7. The van der Waals surface area contributed by atoms with Gasteiger partial charge in [0.25, 0.3) is 0 Å². The molecule has 3 aromatic carbocycles. The van der Waals surface area contributed by atoms with Crippen molar-refractivity contribution in [1.29, 1.82) is 0 Å². The van der Waals surface area contributed by atoms with E-state index in [1.165, 1.54) is 68.2 Å². The second kappa shape index (κ2) is 16.1. The summed E-state index contributed by atoms with van der Waals surface area (Å²) in [5.74, 6) is -0.608. The van der Waals surface area contributed by atoms with Crippen LogP contribution in [0.15, 0.2) is 96.4 Å². The Morgan fingerprint density at radius 3 is 2.53 bits per heavy atom. The predicted molar refractivity (Wildman–Crippen MR) is 210 cm³/mol. The molecule has 0 radical (unpaired) electrons. The van der Waals surface area contributed by atoms with Crippen molar-refractivity contribution in [3.8, 4) is 21.6 Å². The zero-order chi connectivity index (χ0) is 37.0. The summed E-state index contributed by atoms with van der Waals surface area (Å²) in [7, 11) is -1.93. The second-order valence-electron chi connectivity index (χ2n) is 13.4. The third-order valence-electron chi connectivity index (χ3n) is 9.91. The molecule has 0 bridgehead atoms. The standard InChI is InChI=1S/C35H33NO4S.C7H9NO3S/c1-38-35(37)36(40-34-11-4-5-20-39-34)27-9-6-8-25(22-27)32-18-19-33(41-32)26-14-15-29-24(21-26)13-17-30-28-10-3-2-7-23(28)12-16-31(29)30;8-7(9)5-6-3-1-2-4-12(6,10)11/h2-3,6-10,13,17-19,21-22,34H,4-5,11-12,14-16,20H2,1H3;1-4,6H,5H2,(H2,8,9)/t34-;/m0./s1. The molecule has 1 aromatic heterocycles. The van der Waals surface area contributed by atoms with E-state index in [1.54, 1.807) is 17.4 Å². The molecular weight excluding hydrogens is 709 g/mol. The van der Waals surface area contributed by atoms with Crippen LogP contribution in [-0.2, 0) is 48.2 Å². The molecule has 1 saturated heterocycles. The molecule has 0 saturated carbocycles. The third-order valence-corrected chi connectivity index (χ3v) is 12.8. The van der Waals surface area contributed by atoms with Gasteiger partial charge < -0.3 is 15.2 Å². The molecule has 2 N–H and O–H groups in total. The Morgan fingerprint density at radius 2 is 1.74 bits per heavy atom. The highest BCUT2D eigenvalue weighted by molar-refractivity contribution is 7.95. The van der Waals surface area contributed by atoms with E-state index in [4.69, 9.17) is 20.0 Å². The summed E-state index contributed by atoms with van der Waals surface area (Å²) >= 11 is 1.79. The van der Waals surface area contributed by atoms with Crippen molar-refractivity contribution < 1.29 is 32.3 Å². The number of thiophene rings is 1. The Morgan fingerprint density at radius 1 is 0.906 bits per heavy atom. The number of primary amides is 1. The number of carbonyl (C=O) groups excluding carboxylic acids is 2. The lowest BCUT2D eigenvalue weighted by Gasteiger charge is -2.28. The first-order valence-corrected chi connectivity index (χ1v) is 20.3. The molecule has 1 fully saturated rings. The maximum atomic E-state index is 12.6. The number of allylic oxidation sites excluding steroid dienone is 3. The van der Waals surface area contributed by atoms with E-state index in [9.17, 15) is 18.0 Å². The number of methoxy groups -OCH3 is 1. The van der Waals surface area contributed by atoms with Gasteiger partial charge in [-0.3, -0.25) is 4.79 Å². The zero-order valence-corrected chi connectivity index (χ0v) is 31.2. The number of hydrogen-bond donors (Lipinski definition) is 1. The van der Waals surface area contributed by atoms with Gasteiger partial charge in [0.05, 0.1) is 18.0 Å². The third kappa shape index (κ3) is 8.23. The van der Waals surface area contributed by atoms with Gasteiger partial charge in [-0.15, -0.1) is 11.3 Å². The van der Waals surface area contributed by atoms with E-state index in [0.29, 0.717) is 12.3 Å². The Kier molecular flexibility index (Phi) is 11.1. The summed E-state index contributed by atoms with van der Waals surface area (Å²) < 4.78 is 33.1. The van der Waals surface area contributed by atoms with E-state index < -0.39 is 33.4 Å². The smallest absolute Gasteiger partial charge is 0.438 e. The number of sulfone groups is 1. The minimum Gasteiger partial charge on any atom is -0.451 e. The number of fused-ring (bicyclic) bond motifs is 5. The van der Waals surface area contributed by atoms with Crippen LogP contribution in [0.2, 0.25) is 0 Å². The summed E-state index contributed by atoms with van der Waals surface area (Å²) in [6.07, 6.45) is 12.8. The number of amides is 2. The first-order valence-electron chi connectivity index (χ1n) is 17.9. The minimum absolute atomic E-state index is 0.150. The first kappa shape index (κ1) is 36.5. The fraction of sp³-hybridized carbons (Fsp3) is 0.286. The van der Waals surface area contributed by atoms with Crippen LogP contribution in [0.1, 0.15) is 59.2 Å². The Hall–Kier alpha value is -4.81. The van der Waals surface area contributed by atoms with Gasteiger partial charge in [0.2, 0.25) is 5.91 Å². The number of nitrogens with zero attached hydrogens (tertiary/aromatic N) is 1. The maximum absolute atomic E-state index is 12.6. The normalized spacial score (nSPS) is 19.4. The molecule has 2 aliphatic heterocycles. The van der Waals surface area contributed by atoms with Crippen molar-refractivity contribution in [2.24, 2.45) is 5.73 Å². The average molecular weight is 751 g/mol. The number of hydrogen-bond acceptors (Lipinski definition) is 8. The SMILES string of the molecule is COC(=O)N(O[C@H]1CCCCO1)c1cccc(-c2ccc(C3=Cc4ccc5c(c4CC3)CCc3ccccc3-5)s2)c1.NC(=O)CC1C=CC=CS1(=O)=O. The van der Waals surface area contributed by atoms with Gasteiger partial charge in [0.15, 0.2) is 16.1 Å². The molecule has 2 atom stereocenters. The summed E-state index contributed by atoms with van der Waals surface area (Å²) in [6, 6.07) is 25.7. The number of carbonyl (C=O) groups is 2. The highest BCUT2D eigenvalue weighted by Crippen LogP contribution is 2.42. The van der Waals surface area contributed by atoms with Crippen molar-refractivity contribution >= 4 is 50.5 Å². The second-order valence-corrected chi connectivity index (χ2v) is 16.5. The summed E-state index contributed by atoms with van der Waals surface area (Å²) in [5, 5.41) is 1.52. The van der Waals surface area contributed by atoms with Gasteiger partial charge in [-0.25, -0.2) is 18.0 Å². The predicted octanol–water partition coefficient (Wildman–Crippen LogP) is 8.43. The molecule has 4 aliphatic rings. The van der Waals surface area contributed by atoms with Crippen molar-refractivity contribution in [2.45, 2.75) is 62.9 Å². The number of nitrogens with two attached hydrogens (primary N) is 1. The summed E-state index contributed by atoms with van der Waals surface area (Å²) in [4.78, 5) is 31.4. The van der Waals surface area contributed by atoms with Gasteiger partial charge in [0, 0.05) is 34.6 Å². The molecule has 1 unspecified atom stereocenters. The largest absolute Gasteiger partial charge is 0.451 e. The number of ether oxygens (including phenoxy) is 2. The highest BCUT2D eigenvalue weighted by Gasteiger charge is 2.27. The lowest BCUT2D eigenvalue weighted by molar-refractivity contribution is -0.165. The molecule has 2 aliphatic carbocycles. The quantitative estimate of drug-likeness (QED) is 0.188. The van der Waals surface area contributed by atoms with Crippen LogP contribution in [0.5, 0.6) is 0 Å². The van der Waals surface area contributed by atoms with Crippen LogP contribution in [0.3, 0.4) is 0 Å². The van der Waals surface area contributed by atoms with E-state index in [2.05, 4.69) is 60.7 Å². The fourth-order valence-corrected chi connectivity index (χ4v) is 9.51. The van der Waals surface area contributed by atoms with Crippen molar-refractivity contribution in [3.63, 3.8) is 0 Å². The number of hydroxylamine groups is 1. The van der Waals surface area contributed by atoms with Crippen LogP contribution in [0, 0.1) is 0 Å². The number of rotatable bonds is 7. The van der Waals surface area contributed by atoms with Crippen LogP contribution in [0.25, 0.3) is 33.2 Å². The number of anilines is 1. The lowest BCUT2D eigenvalue weighted by atomic mass is 9.78. The molecule has 2 amide bonds. The van der Waals surface area contributed by atoms with E-state index in [1.807, 2.05) is 18.2 Å². The van der Waals surface area contributed by atoms with Gasteiger partial charge in [0.1, 0.15) is 0 Å². The minimum atomic E-state index is -3.29. The van der Waals surface area contributed by atoms with E-state index in [0.717, 1.165) is 60.8 Å². The van der Waals surface area contributed by atoms with Crippen LogP contribution in [-0.4, -0.2) is 45.7 Å². The van der Waals surface area contributed by atoms with E-state index >= 15 is 0 Å². The lowest BCUT2D eigenvalue weighted by Crippen LogP contribution is -2.37. The van der Waals surface area contributed by atoms with Gasteiger partial charge >= 0.3 is 6.09 Å². The zero-order valence-electron chi connectivity index (χ0n) is 29.5. The monoisotopic (exact) mass is 750 g/mol. The Bertz CT molecular complexity index is 2210. The Balaban J connectivity index is 0.000000310. The maximum Gasteiger partial charge on any atom is 0.438 e. The highest BCUT2D eigenvalue weighted by atomic mass is 32.2.